The summed E-state index contributed by atoms with van der Waals surface area (Å²) in [5.74, 6) is 3.33. The van der Waals surface area contributed by atoms with Crippen molar-refractivity contribution in [1.82, 2.24) is 0 Å². The third kappa shape index (κ3) is 4.67. The Morgan fingerprint density at radius 3 is 1.82 bits per heavy atom. The molecule has 0 saturated carbocycles. The molecule has 0 bridgehead atoms. The van der Waals surface area contributed by atoms with Gasteiger partial charge in [0, 0.05) is 0 Å². The number of hydrogen-bond donors (Lipinski definition) is 0. The van der Waals surface area contributed by atoms with Crippen molar-refractivity contribution in [3.05, 3.63) is 60.7 Å². The molecule has 1 aliphatic rings. The standard InChI is InChI=1S/C24H32O2Si2/c1-24(2,3)28(20-13-9-7-10-14-20,21-15-11-8-12-16-21)25-19-23-22(26-23)17-18-27(4,5)6/h7-16,22-23H,19H2,1-6H3/t22-,23+/m0/s1. The van der Waals surface area contributed by atoms with E-state index in [9.17, 15) is 0 Å². The van der Waals surface area contributed by atoms with Crippen molar-refractivity contribution in [2.75, 3.05) is 6.61 Å². The Morgan fingerprint density at radius 2 is 1.39 bits per heavy atom. The van der Waals surface area contributed by atoms with Gasteiger partial charge in [0.2, 0.25) is 0 Å². The van der Waals surface area contributed by atoms with Gasteiger partial charge in [-0.3, -0.25) is 0 Å². The highest BCUT2D eigenvalue weighted by atomic mass is 28.4. The molecule has 2 nitrogen and oxygen atoms in total. The normalized spacial score (nSPS) is 19.6. The number of epoxide rings is 1. The summed E-state index contributed by atoms with van der Waals surface area (Å²) in [7, 11) is -3.86. The molecular formula is C24H32O2Si2. The molecule has 1 aliphatic heterocycles. The summed E-state index contributed by atoms with van der Waals surface area (Å²) < 4.78 is 12.7. The van der Waals surface area contributed by atoms with Crippen molar-refractivity contribution >= 4 is 26.8 Å². The topological polar surface area (TPSA) is 21.8 Å². The van der Waals surface area contributed by atoms with Crippen molar-refractivity contribution in [2.45, 2.75) is 57.7 Å². The molecule has 0 spiro atoms. The minimum Gasteiger partial charge on any atom is -0.405 e. The van der Waals surface area contributed by atoms with E-state index in [1.165, 1.54) is 10.4 Å². The van der Waals surface area contributed by atoms with Crippen LogP contribution < -0.4 is 10.4 Å². The highest BCUT2D eigenvalue weighted by Gasteiger charge is 2.52. The molecule has 0 amide bonds. The van der Waals surface area contributed by atoms with Crippen molar-refractivity contribution in [1.29, 1.82) is 0 Å². The summed E-state index contributed by atoms with van der Waals surface area (Å²) in [6, 6.07) is 21.5. The maximum absolute atomic E-state index is 6.91. The number of ether oxygens (including phenoxy) is 1. The molecule has 0 N–H and O–H groups in total. The van der Waals surface area contributed by atoms with E-state index >= 15 is 0 Å². The molecule has 0 aliphatic carbocycles. The van der Waals surface area contributed by atoms with E-state index in [-0.39, 0.29) is 17.2 Å². The van der Waals surface area contributed by atoms with Crippen LogP contribution in [0.2, 0.25) is 24.7 Å². The summed E-state index contributed by atoms with van der Waals surface area (Å²) in [5, 5.41) is 2.60. The maximum Gasteiger partial charge on any atom is 0.261 e. The highest BCUT2D eigenvalue weighted by Crippen LogP contribution is 2.37. The van der Waals surface area contributed by atoms with Crippen LogP contribution >= 0.6 is 0 Å². The SMILES string of the molecule is CC(C)(C)[Si](OC[C@H]1O[C@H]1C#C[Si](C)(C)C)(c1ccccc1)c1ccccc1. The van der Waals surface area contributed by atoms with Crippen LogP contribution in [-0.4, -0.2) is 35.2 Å². The minimum atomic E-state index is -2.48. The molecule has 4 heteroatoms. The third-order valence-corrected chi connectivity index (χ3v) is 11.0. The van der Waals surface area contributed by atoms with E-state index < -0.39 is 16.4 Å². The zero-order chi connectivity index (χ0) is 20.4. The van der Waals surface area contributed by atoms with E-state index in [1.54, 1.807) is 0 Å². The third-order valence-electron chi connectivity index (χ3n) is 5.05. The van der Waals surface area contributed by atoms with Crippen LogP contribution in [0.3, 0.4) is 0 Å². The van der Waals surface area contributed by atoms with Crippen LogP contribution in [0.5, 0.6) is 0 Å². The molecule has 3 rings (SSSR count). The van der Waals surface area contributed by atoms with Gasteiger partial charge in [-0.25, -0.2) is 0 Å². The average molecular weight is 409 g/mol. The Kier molecular flexibility index (Phi) is 6.02. The first-order chi connectivity index (χ1) is 13.1. The smallest absolute Gasteiger partial charge is 0.261 e. The van der Waals surface area contributed by atoms with Crippen LogP contribution in [0.25, 0.3) is 0 Å². The summed E-state index contributed by atoms with van der Waals surface area (Å²) in [4.78, 5) is 0. The van der Waals surface area contributed by atoms with Crippen LogP contribution in [0, 0.1) is 11.5 Å². The predicted octanol–water partition coefficient (Wildman–Crippen LogP) is 4.21. The fourth-order valence-electron chi connectivity index (χ4n) is 3.65. The maximum atomic E-state index is 6.91. The number of benzene rings is 2. The summed E-state index contributed by atoms with van der Waals surface area (Å²) in [6.07, 6.45) is 0.121. The van der Waals surface area contributed by atoms with E-state index in [1.807, 2.05) is 0 Å². The second-order valence-corrected chi connectivity index (χ2v) is 18.6. The molecule has 0 unspecified atom stereocenters. The number of hydrogen-bond acceptors (Lipinski definition) is 2. The highest BCUT2D eigenvalue weighted by molar-refractivity contribution is 6.99. The number of rotatable bonds is 5. The Labute approximate surface area is 172 Å². The zero-order valence-corrected chi connectivity index (χ0v) is 20.0. The van der Waals surface area contributed by atoms with Gasteiger partial charge in [0.25, 0.3) is 8.32 Å². The van der Waals surface area contributed by atoms with Gasteiger partial charge in [-0.1, -0.05) is 107 Å². The van der Waals surface area contributed by atoms with Gasteiger partial charge in [0.15, 0.2) is 0 Å². The molecule has 1 fully saturated rings. The molecule has 1 saturated heterocycles. The van der Waals surface area contributed by atoms with E-state index in [0.717, 1.165) is 0 Å². The van der Waals surface area contributed by atoms with E-state index in [2.05, 4.69) is 113 Å². The lowest BCUT2D eigenvalue weighted by molar-refractivity contribution is 0.249. The zero-order valence-electron chi connectivity index (χ0n) is 18.0. The Hall–Kier alpha value is -1.65. The fraction of sp³-hybridized carbons (Fsp3) is 0.417. The second kappa shape index (κ2) is 8.00. The minimum absolute atomic E-state index is 0.00983. The van der Waals surface area contributed by atoms with E-state index in [4.69, 9.17) is 9.16 Å². The van der Waals surface area contributed by atoms with Gasteiger partial charge in [0.1, 0.15) is 20.3 Å². The van der Waals surface area contributed by atoms with Crippen LogP contribution in [0.4, 0.5) is 0 Å². The summed E-state index contributed by atoms with van der Waals surface area (Å²) >= 11 is 0. The van der Waals surface area contributed by atoms with Gasteiger partial charge in [-0.15, -0.1) is 5.54 Å². The van der Waals surface area contributed by atoms with Crippen LogP contribution in [0.15, 0.2) is 60.7 Å². The lowest BCUT2D eigenvalue weighted by atomic mass is 10.2. The molecular weight excluding hydrogens is 376 g/mol. The van der Waals surface area contributed by atoms with Crippen molar-refractivity contribution in [2.24, 2.45) is 0 Å². The lowest BCUT2D eigenvalue weighted by Crippen LogP contribution is -2.66. The van der Waals surface area contributed by atoms with Gasteiger partial charge in [-0.2, -0.15) is 0 Å². The fourth-order valence-corrected chi connectivity index (χ4v) is 8.80. The first-order valence-electron chi connectivity index (χ1n) is 10.1. The van der Waals surface area contributed by atoms with Gasteiger partial charge < -0.3 is 9.16 Å². The van der Waals surface area contributed by atoms with Gasteiger partial charge in [0.05, 0.1) is 6.61 Å². The monoisotopic (exact) mass is 408 g/mol. The summed E-state index contributed by atoms with van der Waals surface area (Å²) in [5.41, 5.74) is 3.42. The van der Waals surface area contributed by atoms with E-state index in [0.29, 0.717) is 6.61 Å². The predicted molar refractivity (Wildman–Crippen MR) is 123 cm³/mol. The quantitative estimate of drug-likeness (QED) is 0.420. The van der Waals surface area contributed by atoms with Crippen molar-refractivity contribution in [3.8, 4) is 11.5 Å². The summed E-state index contributed by atoms with van der Waals surface area (Å²) in [6.45, 7) is 14.3. The molecule has 0 radical (unpaired) electrons. The molecule has 0 aromatic heterocycles. The van der Waals surface area contributed by atoms with Crippen molar-refractivity contribution < 1.29 is 9.16 Å². The van der Waals surface area contributed by atoms with Crippen LogP contribution in [0.1, 0.15) is 20.8 Å². The second-order valence-electron chi connectivity index (χ2n) is 9.59. The first kappa shape index (κ1) is 21.1. The van der Waals surface area contributed by atoms with Crippen molar-refractivity contribution in [3.63, 3.8) is 0 Å². The van der Waals surface area contributed by atoms with Gasteiger partial charge >= 0.3 is 0 Å². The Balaban J connectivity index is 1.91. The molecule has 2 aromatic carbocycles. The Bertz CT molecular complexity index is 800. The average Bonchev–Trinajstić information content (AvgIpc) is 3.39. The molecule has 2 aromatic rings. The lowest BCUT2D eigenvalue weighted by Gasteiger charge is -2.43. The molecule has 148 valence electrons. The Morgan fingerprint density at radius 1 is 0.893 bits per heavy atom. The molecule has 28 heavy (non-hydrogen) atoms. The largest absolute Gasteiger partial charge is 0.405 e. The van der Waals surface area contributed by atoms with Crippen LogP contribution in [-0.2, 0) is 9.16 Å². The molecule has 1 heterocycles. The van der Waals surface area contributed by atoms with Gasteiger partial charge in [-0.05, 0) is 15.4 Å². The molecule has 2 atom stereocenters. The first-order valence-corrected chi connectivity index (χ1v) is 15.5.